The van der Waals surface area contributed by atoms with Crippen LogP contribution in [-0.4, -0.2) is 17.9 Å². The largest absolute Gasteiger partial charge is 0.479 e. The predicted molar refractivity (Wildman–Crippen MR) is 110 cm³/mol. The zero-order chi connectivity index (χ0) is 20.0. The standard InChI is InChI=1S/C19H19Cl3N2O3/c1-3-4-18(25)23-13-6-7-14(21)16(10-13)24-19(26)11(2)27-17-8-5-12(20)9-15(17)22/h5-11H,3-4H2,1-2H3,(H,23,25)(H,24,26). The molecule has 2 rings (SSSR count). The number of ether oxygens (including phenoxy) is 1. The van der Waals surface area contributed by atoms with Gasteiger partial charge in [-0.3, -0.25) is 9.59 Å². The minimum atomic E-state index is -0.835. The molecule has 1 unspecified atom stereocenters. The fourth-order valence-electron chi connectivity index (χ4n) is 2.20. The summed E-state index contributed by atoms with van der Waals surface area (Å²) in [5.74, 6) is -0.179. The Kier molecular flexibility index (Phi) is 7.78. The van der Waals surface area contributed by atoms with E-state index < -0.39 is 12.0 Å². The van der Waals surface area contributed by atoms with Crippen LogP contribution in [-0.2, 0) is 9.59 Å². The lowest BCUT2D eigenvalue weighted by molar-refractivity contribution is -0.122. The van der Waals surface area contributed by atoms with Crippen molar-refractivity contribution in [2.24, 2.45) is 0 Å². The second-order valence-corrected chi connectivity index (χ2v) is 7.07. The number of rotatable bonds is 7. The molecule has 2 aromatic carbocycles. The number of hydrogen-bond donors (Lipinski definition) is 2. The van der Waals surface area contributed by atoms with Gasteiger partial charge in [0.2, 0.25) is 5.91 Å². The summed E-state index contributed by atoms with van der Waals surface area (Å²) in [6.07, 6.45) is 0.320. The normalized spacial score (nSPS) is 11.6. The molecule has 0 aliphatic heterocycles. The SMILES string of the molecule is CCCC(=O)Nc1ccc(Cl)c(NC(=O)C(C)Oc2ccc(Cl)cc2Cl)c1. The number of anilines is 2. The maximum Gasteiger partial charge on any atom is 0.265 e. The Hall–Kier alpha value is -1.95. The van der Waals surface area contributed by atoms with Gasteiger partial charge in [-0.1, -0.05) is 41.7 Å². The summed E-state index contributed by atoms with van der Waals surface area (Å²) >= 11 is 18.0. The van der Waals surface area contributed by atoms with Crippen LogP contribution in [0, 0.1) is 0 Å². The minimum Gasteiger partial charge on any atom is -0.479 e. The second-order valence-electron chi connectivity index (χ2n) is 5.82. The summed E-state index contributed by atoms with van der Waals surface area (Å²) in [7, 11) is 0. The number of benzene rings is 2. The quantitative estimate of drug-likeness (QED) is 0.585. The van der Waals surface area contributed by atoms with Crippen LogP contribution in [0.5, 0.6) is 5.75 Å². The van der Waals surface area contributed by atoms with Gasteiger partial charge in [0.15, 0.2) is 6.10 Å². The first-order valence-corrected chi connectivity index (χ1v) is 9.45. The highest BCUT2D eigenvalue weighted by Gasteiger charge is 2.18. The highest BCUT2D eigenvalue weighted by atomic mass is 35.5. The van der Waals surface area contributed by atoms with Gasteiger partial charge in [-0.2, -0.15) is 0 Å². The van der Waals surface area contributed by atoms with E-state index in [0.717, 1.165) is 6.42 Å². The molecule has 27 heavy (non-hydrogen) atoms. The highest BCUT2D eigenvalue weighted by Crippen LogP contribution is 2.29. The van der Waals surface area contributed by atoms with Gasteiger partial charge in [0.1, 0.15) is 5.75 Å². The van der Waals surface area contributed by atoms with Crippen molar-refractivity contribution in [3.8, 4) is 5.75 Å². The van der Waals surface area contributed by atoms with E-state index in [9.17, 15) is 9.59 Å². The molecule has 8 heteroatoms. The number of nitrogens with one attached hydrogen (secondary N) is 2. The van der Waals surface area contributed by atoms with Crippen molar-refractivity contribution in [2.45, 2.75) is 32.8 Å². The fourth-order valence-corrected chi connectivity index (χ4v) is 2.82. The lowest BCUT2D eigenvalue weighted by Gasteiger charge is -2.17. The molecule has 1 atom stereocenters. The van der Waals surface area contributed by atoms with Crippen LogP contribution in [0.1, 0.15) is 26.7 Å². The van der Waals surface area contributed by atoms with Crippen LogP contribution >= 0.6 is 34.8 Å². The first-order valence-electron chi connectivity index (χ1n) is 8.32. The zero-order valence-electron chi connectivity index (χ0n) is 14.8. The van der Waals surface area contributed by atoms with Crippen molar-refractivity contribution in [3.63, 3.8) is 0 Å². The van der Waals surface area contributed by atoms with E-state index in [1.807, 2.05) is 6.92 Å². The maximum atomic E-state index is 12.4. The third kappa shape index (κ3) is 6.31. The molecule has 0 aromatic heterocycles. The highest BCUT2D eigenvalue weighted by molar-refractivity contribution is 6.35. The van der Waals surface area contributed by atoms with E-state index in [-0.39, 0.29) is 5.91 Å². The van der Waals surface area contributed by atoms with Crippen LogP contribution in [0.4, 0.5) is 11.4 Å². The number of amides is 2. The summed E-state index contributed by atoms with van der Waals surface area (Å²) in [6, 6.07) is 9.59. The molecular formula is C19H19Cl3N2O3. The van der Waals surface area contributed by atoms with Gasteiger partial charge in [0, 0.05) is 17.1 Å². The van der Waals surface area contributed by atoms with Crippen molar-refractivity contribution in [2.75, 3.05) is 10.6 Å². The first kappa shape index (κ1) is 21.4. The van der Waals surface area contributed by atoms with E-state index in [4.69, 9.17) is 39.5 Å². The van der Waals surface area contributed by atoms with Gasteiger partial charge in [-0.15, -0.1) is 0 Å². The van der Waals surface area contributed by atoms with E-state index in [1.165, 1.54) is 6.07 Å². The average Bonchev–Trinajstić information content (AvgIpc) is 2.60. The Morgan fingerprint density at radius 3 is 2.44 bits per heavy atom. The van der Waals surface area contributed by atoms with Crippen LogP contribution in [0.15, 0.2) is 36.4 Å². The first-order chi connectivity index (χ1) is 12.8. The van der Waals surface area contributed by atoms with Crippen molar-refractivity contribution >= 4 is 58.0 Å². The predicted octanol–water partition coefficient (Wildman–Crippen LogP) is 5.79. The van der Waals surface area contributed by atoms with Gasteiger partial charge < -0.3 is 15.4 Å². The Morgan fingerprint density at radius 1 is 1.04 bits per heavy atom. The molecule has 0 saturated carbocycles. The van der Waals surface area contributed by atoms with Crippen molar-refractivity contribution in [1.82, 2.24) is 0 Å². The number of carbonyl (C=O) groups is 2. The fraction of sp³-hybridized carbons (Fsp3) is 0.263. The van der Waals surface area contributed by atoms with Crippen LogP contribution < -0.4 is 15.4 Å². The number of carbonyl (C=O) groups excluding carboxylic acids is 2. The topological polar surface area (TPSA) is 67.4 Å². The van der Waals surface area contributed by atoms with Crippen LogP contribution in [0.3, 0.4) is 0 Å². The van der Waals surface area contributed by atoms with Crippen molar-refractivity contribution in [3.05, 3.63) is 51.5 Å². The number of halogens is 3. The average molecular weight is 430 g/mol. The Morgan fingerprint density at radius 2 is 1.78 bits per heavy atom. The zero-order valence-corrected chi connectivity index (χ0v) is 17.1. The van der Waals surface area contributed by atoms with Crippen molar-refractivity contribution in [1.29, 1.82) is 0 Å². The summed E-state index contributed by atoms with van der Waals surface area (Å²) in [5, 5.41) is 6.56. The summed E-state index contributed by atoms with van der Waals surface area (Å²) in [5.41, 5.74) is 0.913. The lowest BCUT2D eigenvalue weighted by Crippen LogP contribution is -2.30. The molecule has 2 N–H and O–H groups in total. The van der Waals surface area contributed by atoms with Gasteiger partial charge >= 0.3 is 0 Å². The van der Waals surface area contributed by atoms with E-state index >= 15 is 0 Å². The summed E-state index contributed by atoms with van der Waals surface area (Å²) in [4.78, 5) is 24.2. The third-order valence-corrected chi connectivity index (χ3v) is 4.41. The number of hydrogen-bond acceptors (Lipinski definition) is 3. The van der Waals surface area contributed by atoms with Gasteiger partial charge in [0.25, 0.3) is 5.91 Å². The molecule has 0 heterocycles. The molecule has 0 fully saturated rings. The summed E-state index contributed by atoms with van der Waals surface area (Å²) < 4.78 is 5.59. The van der Waals surface area contributed by atoms with Gasteiger partial charge in [0.05, 0.1) is 15.7 Å². The maximum absolute atomic E-state index is 12.4. The summed E-state index contributed by atoms with van der Waals surface area (Å²) in [6.45, 7) is 3.50. The molecule has 2 aromatic rings. The molecule has 0 spiro atoms. The Balaban J connectivity index is 2.06. The van der Waals surface area contributed by atoms with Crippen LogP contribution in [0.2, 0.25) is 15.1 Å². The molecule has 5 nitrogen and oxygen atoms in total. The van der Waals surface area contributed by atoms with Crippen molar-refractivity contribution < 1.29 is 14.3 Å². The molecule has 0 radical (unpaired) electrons. The van der Waals surface area contributed by atoms with Gasteiger partial charge in [-0.25, -0.2) is 0 Å². The second kappa shape index (κ2) is 9.83. The lowest BCUT2D eigenvalue weighted by atomic mass is 10.2. The monoisotopic (exact) mass is 428 g/mol. The smallest absolute Gasteiger partial charge is 0.265 e. The van der Waals surface area contributed by atoms with E-state index in [2.05, 4.69) is 10.6 Å². The molecule has 0 aliphatic carbocycles. The van der Waals surface area contributed by atoms with Crippen LogP contribution in [0.25, 0.3) is 0 Å². The van der Waals surface area contributed by atoms with Gasteiger partial charge in [-0.05, 0) is 49.7 Å². The third-order valence-electron chi connectivity index (χ3n) is 3.55. The molecule has 0 aliphatic rings. The molecule has 0 saturated heterocycles. The Bertz CT molecular complexity index is 843. The molecular weight excluding hydrogens is 411 g/mol. The minimum absolute atomic E-state index is 0.105. The molecule has 2 amide bonds. The molecule has 0 bridgehead atoms. The Labute approximate surface area is 172 Å². The van der Waals surface area contributed by atoms with E-state index in [1.54, 1.807) is 37.3 Å². The molecule has 144 valence electrons. The van der Waals surface area contributed by atoms with E-state index in [0.29, 0.717) is 38.6 Å².